The summed E-state index contributed by atoms with van der Waals surface area (Å²) in [7, 11) is 0. The molecule has 0 saturated heterocycles. The first-order valence-electron chi connectivity index (χ1n) is 7.32. The van der Waals surface area contributed by atoms with E-state index in [4.69, 9.17) is 0 Å². The van der Waals surface area contributed by atoms with Gasteiger partial charge in [0.05, 0.1) is 5.69 Å². The second-order valence-corrected chi connectivity index (χ2v) is 5.39. The van der Waals surface area contributed by atoms with E-state index in [0.29, 0.717) is 6.42 Å². The van der Waals surface area contributed by atoms with Crippen molar-refractivity contribution in [1.82, 2.24) is 0 Å². The minimum Gasteiger partial charge on any atom is -0.294 e. The molecule has 0 spiro atoms. The molecular weight excluding hydrogens is 274 g/mol. The molecule has 3 heteroatoms. The molecule has 0 aliphatic carbocycles. The lowest BCUT2D eigenvalue weighted by molar-refractivity contribution is -0.116. The van der Waals surface area contributed by atoms with Crippen LogP contribution in [0.5, 0.6) is 0 Å². The maximum atomic E-state index is 12.4. The molecule has 0 N–H and O–H groups in total. The average Bonchev–Trinajstić information content (AvgIpc) is 2.55. The van der Waals surface area contributed by atoms with Gasteiger partial charge in [0.2, 0.25) is 5.91 Å². The van der Waals surface area contributed by atoms with Gasteiger partial charge in [-0.3, -0.25) is 14.5 Å². The number of carbonyl (C=O) groups is 2. The SMILES string of the molecule is CC(=O)N1C=CC(CC(=O)c2ccccc2)c2ccccc21. The second-order valence-electron chi connectivity index (χ2n) is 5.39. The maximum Gasteiger partial charge on any atom is 0.227 e. The molecule has 110 valence electrons. The third kappa shape index (κ3) is 2.70. The predicted octanol–water partition coefficient (Wildman–Crippen LogP) is 3.92. The number of amides is 1. The Morgan fingerprint density at radius 1 is 1.00 bits per heavy atom. The Kier molecular flexibility index (Phi) is 3.88. The van der Waals surface area contributed by atoms with Gasteiger partial charge in [-0.2, -0.15) is 0 Å². The number of fused-ring (bicyclic) bond motifs is 1. The Morgan fingerprint density at radius 3 is 2.41 bits per heavy atom. The summed E-state index contributed by atoms with van der Waals surface area (Å²) in [5, 5.41) is 0. The van der Waals surface area contributed by atoms with Crippen LogP contribution in [0.3, 0.4) is 0 Å². The second kappa shape index (κ2) is 5.98. The summed E-state index contributed by atoms with van der Waals surface area (Å²) in [6.07, 6.45) is 4.11. The molecule has 0 aromatic heterocycles. The van der Waals surface area contributed by atoms with Crippen LogP contribution in [-0.4, -0.2) is 11.7 Å². The van der Waals surface area contributed by atoms with Crippen LogP contribution in [0.25, 0.3) is 0 Å². The molecule has 2 aromatic rings. The number of benzene rings is 2. The van der Waals surface area contributed by atoms with Gasteiger partial charge < -0.3 is 0 Å². The van der Waals surface area contributed by atoms with Gasteiger partial charge in [0.15, 0.2) is 5.78 Å². The summed E-state index contributed by atoms with van der Waals surface area (Å²) in [5.41, 5.74) is 2.61. The molecule has 3 rings (SSSR count). The fraction of sp³-hybridized carbons (Fsp3) is 0.158. The van der Waals surface area contributed by atoms with Crippen molar-refractivity contribution in [3.05, 3.63) is 78.0 Å². The molecule has 0 fully saturated rings. The summed E-state index contributed by atoms with van der Waals surface area (Å²) in [6, 6.07) is 17.1. The van der Waals surface area contributed by atoms with E-state index in [-0.39, 0.29) is 17.6 Å². The minimum absolute atomic E-state index is 0.000457. The van der Waals surface area contributed by atoms with E-state index in [2.05, 4.69) is 0 Å². The third-order valence-corrected chi connectivity index (χ3v) is 3.90. The van der Waals surface area contributed by atoms with Crippen LogP contribution in [0.15, 0.2) is 66.9 Å². The number of anilines is 1. The maximum absolute atomic E-state index is 12.4. The zero-order valence-electron chi connectivity index (χ0n) is 12.4. The first-order chi connectivity index (χ1) is 10.7. The lowest BCUT2D eigenvalue weighted by Crippen LogP contribution is -2.27. The Labute approximate surface area is 129 Å². The normalized spacial score (nSPS) is 16.2. The first kappa shape index (κ1) is 14.3. The highest BCUT2D eigenvalue weighted by Crippen LogP contribution is 2.35. The van der Waals surface area contributed by atoms with E-state index in [9.17, 15) is 9.59 Å². The van der Waals surface area contributed by atoms with Crippen LogP contribution in [-0.2, 0) is 4.79 Å². The third-order valence-electron chi connectivity index (χ3n) is 3.90. The van der Waals surface area contributed by atoms with Crippen LogP contribution < -0.4 is 4.90 Å². The first-order valence-corrected chi connectivity index (χ1v) is 7.32. The molecule has 1 atom stereocenters. The van der Waals surface area contributed by atoms with Crippen molar-refractivity contribution < 1.29 is 9.59 Å². The van der Waals surface area contributed by atoms with E-state index in [1.54, 1.807) is 11.1 Å². The monoisotopic (exact) mass is 291 g/mol. The Hall–Kier alpha value is -2.68. The van der Waals surface area contributed by atoms with E-state index < -0.39 is 0 Å². The number of hydrogen-bond donors (Lipinski definition) is 0. The Balaban J connectivity index is 1.88. The predicted molar refractivity (Wildman–Crippen MR) is 86.9 cm³/mol. The molecule has 1 aliphatic rings. The van der Waals surface area contributed by atoms with Gasteiger partial charge in [-0.25, -0.2) is 0 Å². The molecule has 0 saturated carbocycles. The molecule has 1 unspecified atom stereocenters. The van der Waals surface area contributed by atoms with Gasteiger partial charge in [-0.05, 0) is 11.6 Å². The van der Waals surface area contributed by atoms with Crippen LogP contribution in [0.1, 0.15) is 35.2 Å². The van der Waals surface area contributed by atoms with E-state index in [1.807, 2.05) is 60.7 Å². The highest BCUT2D eigenvalue weighted by molar-refractivity contribution is 5.98. The van der Waals surface area contributed by atoms with Crippen molar-refractivity contribution >= 4 is 17.4 Å². The number of allylic oxidation sites excluding steroid dienone is 1. The molecule has 2 aromatic carbocycles. The molecular formula is C19H17NO2. The van der Waals surface area contributed by atoms with Gasteiger partial charge in [0, 0.05) is 31.0 Å². The van der Waals surface area contributed by atoms with E-state index >= 15 is 0 Å². The van der Waals surface area contributed by atoms with Crippen molar-refractivity contribution in [1.29, 1.82) is 0 Å². The van der Waals surface area contributed by atoms with Crippen LogP contribution in [0.4, 0.5) is 5.69 Å². The smallest absolute Gasteiger partial charge is 0.227 e. The van der Waals surface area contributed by atoms with Gasteiger partial charge in [-0.1, -0.05) is 54.6 Å². The molecule has 1 aliphatic heterocycles. The summed E-state index contributed by atoms with van der Waals surface area (Å²) in [5.74, 6) is 0.0809. The highest BCUT2D eigenvalue weighted by Gasteiger charge is 2.24. The van der Waals surface area contributed by atoms with E-state index in [0.717, 1.165) is 16.8 Å². The minimum atomic E-state index is -0.0310. The summed E-state index contributed by atoms with van der Waals surface area (Å²) in [6.45, 7) is 1.54. The summed E-state index contributed by atoms with van der Waals surface area (Å²) >= 11 is 0. The molecule has 3 nitrogen and oxygen atoms in total. The van der Waals surface area contributed by atoms with Crippen molar-refractivity contribution in [2.45, 2.75) is 19.3 Å². The molecule has 22 heavy (non-hydrogen) atoms. The highest BCUT2D eigenvalue weighted by atomic mass is 16.2. The van der Waals surface area contributed by atoms with Crippen LogP contribution in [0, 0.1) is 0 Å². The lowest BCUT2D eigenvalue weighted by Gasteiger charge is -2.28. The average molecular weight is 291 g/mol. The zero-order valence-corrected chi connectivity index (χ0v) is 12.4. The molecule has 1 heterocycles. The number of rotatable bonds is 3. The van der Waals surface area contributed by atoms with Crippen molar-refractivity contribution in [2.75, 3.05) is 4.90 Å². The van der Waals surface area contributed by atoms with Crippen molar-refractivity contribution in [3.8, 4) is 0 Å². The van der Waals surface area contributed by atoms with Gasteiger partial charge in [-0.15, -0.1) is 0 Å². The fourth-order valence-corrected chi connectivity index (χ4v) is 2.79. The molecule has 0 radical (unpaired) electrons. The van der Waals surface area contributed by atoms with E-state index in [1.165, 1.54) is 6.92 Å². The number of para-hydroxylation sites is 1. The molecule has 0 bridgehead atoms. The number of hydrogen-bond acceptors (Lipinski definition) is 2. The van der Waals surface area contributed by atoms with Crippen molar-refractivity contribution in [2.24, 2.45) is 0 Å². The Bertz CT molecular complexity index is 734. The van der Waals surface area contributed by atoms with Gasteiger partial charge in [0.1, 0.15) is 0 Å². The van der Waals surface area contributed by atoms with Crippen LogP contribution in [0.2, 0.25) is 0 Å². The number of nitrogens with zero attached hydrogens (tertiary/aromatic N) is 1. The van der Waals surface area contributed by atoms with Crippen LogP contribution >= 0.6 is 0 Å². The summed E-state index contributed by atoms with van der Waals surface area (Å²) in [4.78, 5) is 25.8. The van der Waals surface area contributed by atoms with Gasteiger partial charge in [0.25, 0.3) is 0 Å². The summed E-state index contributed by atoms with van der Waals surface area (Å²) < 4.78 is 0. The topological polar surface area (TPSA) is 37.4 Å². The van der Waals surface area contributed by atoms with Crippen molar-refractivity contribution in [3.63, 3.8) is 0 Å². The quantitative estimate of drug-likeness (QED) is 0.804. The number of ketones is 1. The largest absolute Gasteiger partial charge is 0.294 e. The zero-order chi connectivity index (χ0) is 15.5. The standard InChI is InChI=1S/C19H17NO2/c1-14(21)20-12-11-16(17-9-5-6-10-18(17)20)13-19(22)15-7-3-2-4-8-15/h2-12,16H,13H2,1H3. The number of carbonyl (C=O) groups excluding carboxylic acids is 2. The Morgan fingerprint density at radius 2 is 1.68 bits per heavy atom. The molecule has 1 amide bonds. The van der Waals surface area contributed by atoms with Gasteiger partial charge >= 0.3 is 0 Å². The number of Topliss-reactive ketones (excluding diaryl/α,β-unsaturated/α-hetero) is 1. The fourth-order valence-electron chi connectivity index (χ4n) is 2.79. The lowest BCUT2D eigenvalue weighted by atomic mass is 9.88.